The summed E-state index contributed by atoms with van der Waals surface area (Å²) >= 11 is 19.9. The Morgan fingerprint density at radius 3 is 1.00 bits per heavy atom. The summed E-state index contributed by atoms with van der Waals surface area (Å²) in [5, 5.41) is 81.8. The molecule has 0 aromatic heterocycles. The average molecular weight is 980 g/mol. The van der Waals surface area contributed by atoms with Gasteiger partial charge in [0.15, 0.2) is 46.0 Å². The van der Waals surface area contributed by atoms with Gasteiger partial charge in [0.05, 0.1) is 31.1 Å². The molecule has 0 unspecified atom stereocenters. The topological polar surface area (TPSA) is 171 Å². The monoisotopic (exact) mass is 974 g/mol. The van der Waals surface area contributed by atoms with Crippen molar-refractivity contribution in [3.8, 4) is 46.0 Å². The maximum Gasteiger partial charge on any atom is 0.173 e. The lowest BCUT2D eigenvalue weighted by atomic mass is 9.98. The zero-order valence-corrected chi connectivity index (χ0v) is 30.9. The normalized spacial score (nSPS) is 11.3. The highest BCUT2D eigenvalue weighted by Gasteiger charge is 2.22. The van der Waals surface area contributed by atoms with E-state index >= 15 is 0 Å². The molecule has 0 bridgehead atoms. The quantitative estimate of drug-likeness (QED) is 0.0805. The van der Waals surface area contributed by atoms with E-state index in [2.05, 4.69) is 95.6 Å². The van der Waals surface area contributed by atoms with Crippen molar-refractivity contribution in [2.24, 2.45) is 0 Å². The fourth-order valence-electron chi connectivity index (χ4n) is 4.29. The number of hydrogen-bond donors (Lipinski definition) is 8. The van der Waals surface area contributed by atoms with Gasteiger partial charge in [-0.05, 0) is 153 Å². The molecule has 0 aliphatic rings. The van der Waals surface area contributed by atoms with Crippen molar-refractivity contribution >= 4 is 95.6 Å². The van der Waals surface area contributed by atoms with Crippen molar-refractivity contribution < 1.29 is 45.6 Å². The average Bonchev–Trinajstić information content (AvgIpc) is 2.97. The van der Waals surface area contributed by atoms with Gasteiger partial charge in [-0.15, -0.1) is 0 Å². The number of hydrogen-bond acceptors (Lipinski definition) is 9. The second-order valence-corrected chi connectivity index (χ2v) is 14.1. The molecule has 0 heterocycles. The maximum atomic E-state index is 10.4. The highest BCUT2D eigenvalue weighted by Crippen LogP contribution is 2.46. The lowest BCUT2D eigenvalue weighted by Crippen LogP contribution is -2.05. The summed E-state index contributed by atoms with van der Waals surface area (Å²) in [6.45, 7) is -0.142. The molecule has 0 spiro atoms. The Balaban J connectivity index is 1.68. The van der Waals surface area contributed by atoms with Gasteiger partial charge in [0, 0.05) is 21.8 Å². The van der Waals surface area contributed by atoms with Crippen molar-refractivity contribution in [3.63, 3.8) is 0 Å². The number of halogens is 6. The molecular weight excluding hydrogens is 960 g/mol. The number of rotatable bonds is 8. The highest BCUT2D eigenvalue weighted by atomic mass is 79.9. The Labute approximate surface area is 295 Å². The van der Waals surface area contributed by atoms with Crippen molar-refractivity contribution in [2.75, 3.05) is 0 Å². The lowest BCUT2D eigenvalue weighted by Gasteiger charge is -2.18. The minimum Gasteiger partial charge on any atom is -0.504 e. The second kappa shape index (κ2) is 13.6. The van der Waals surface area contributed by atoms with Crippen LogP contribution in [0, 0.1) is 0 Å². The van der Waals surface area contributed by atoms with Crippen LogP contribution in [0.25, 0.3) is 0 Å². The summed E-state index contributed by atoms with van der Waals surface area (Å²) in [6.07, 6.45) is 0.286. The maximum absolute atomic E-state index is 10.4. The molecular formula is C28H20Br6O9. The summed E-state index contributed by atoms with van der Waals surface area (Å²) in [6, 6.07) is 5.42. The molecule has 0 aliphatic carbocycles. The highest BCUT2D eigenvalue weighted by molar-refractivity contribution is 9.13. The number of ether oxygens (including phenoxy) is 1. The molecule has 4 rings (SSSR count). The molecule has 0 saturated heterocycles. The fourth-order valence-corrected chi connectivity index (χ4v) is 7.29. The van der Waals surface area contributed by atoms with E-state index in [1.165, 1.54) is 24.3 Å². The van der Waals surface area contributed by atoms with Gasteiger partial charge in [-0.3, -0.25) is 0 Å². The van der Waals surface area contributed by atoms with Crippen molar-refractivity contribution in [3.05, 3.63) is 84.5 Å². The van der Waals surface area contributed by atoms with E-state index in [1.807, 2.05) is 0 Å². The molecule has 0 saturated carbocycles. The third kappa shape index (κ3) is 6.87. The van der Waals surface area contributed by atoms with Crippen LogP contribution in [0.5, 0.6) is 46.0 Å². The summed E-state index contributed by atoms with van der Waals surface area (Å²) in [5.41, 5.74) is 3.12. The fraction of sp³-hybridized carbons (Fsp3) is 0.143. The van der Waals surface area contributed by atoms with E-state index in [1.54, 1.807) is 0 Å². The van der Waals surface area contributed by atoms with E-state index in [4.69, 9.17) is 4.74 Å². The van der Waals surface area contributed by atoms with Gasteiger partial charge < -0.3 is 45.6 Å². The smallest absolute Gasteiger partial charge is 0.173 e. The second-order valence-electron chi connectivity index (χ2n) is 9.30. The van der Waals surface area contributed by atoms with Gasteiger partial charge in [-0.2, -0.15) is 0 Å². The van der Waals surface area contributed by atoms with Crippen LogP contribution in [-0.2, 0) is 30.8 Å². The van der Waals surface area contributed by atoms with Crippen LogP contribution in [0.2, 0.25) is 0 Å². The Morgan fingerprint density at radius 1 is 0.395 bits per heavy atom. The van der Waals surface area contributed by atoms with Crippen LogP contribution in [-0.4, -0.2) is 40.9 Å². The number of phenolic OH excluding ortho intramolecular Hbond substituents is 8. The van der Waals surface area contributed by atoms with E-state index in [0.717, 1.165) is 0 Å². The predicted octanol–water partition coefficient (Wildman–Crippen LogP) is 8.80. The molecule has 15 heteroatoms. The SMILES string of the molecule is Oc1cc(Cc2c(COCc3cc(O)c(O)c(Br)c3Cc3cc(O)c(O)c(Br)c3Br)cc(O)c(O)c2Br)c(Br)c(Br)c1O. The molecule has 0 radical (unpaired) electrons. The Morgan fingerprint density at radius 2 is 0.674 bits per heavy atom. The van der Waals surface area contributed by atoms with Crippen molar-refractivity contribution in [1.29, 1.82) is 0 Å². The summed E-state index contributed by atoms with van der Waals surface area (Å²) in [4.78, 5) is 0. The molecule has 0 fully saturated rings. The predicted molar refractivity (Wildman–Crippen MR) is 179 cm³/mol. The first kappa shape index (κ1) is 34.0. The van der Waals surface area contributed by atoms with Gasteiger partial charge in [-0.1, -0.05) is 0 Å². The molecule has 43 heavy (non-hydrogen) atoms. The molecule has 228 valence electrons. The zero-order chi connectivity index (χ0) is 31.9. The van der Waals surface area contributed by atoms with Crippen LogP contribution in [0.15, 0.2) is 51.1 Å². The van der Waals surface area contributed by atoms with Crippen LogP contribution in [0.4, 0.5) is 0 Å². The van der Waals surface area contributed by atoms with Crippen molar-refractivity contribution in [2.45, 2.75) is 26.1 Å². The first-order chi connectivity index (χ1) is 20.1. The first-order valence-electron chi connectivity index (χ1n) is 11.9. The molecule has 0 aliphatic heterocycles. The van der Waals surface area contributed by atoms with E-state index in [9.17, 15) is 40.9 Å². The summed E-state index contributed by atoms with van der Waals surface area (Å²) < 4.78 is 7.84. The zero-order valence-electron chi connectivity index (χ0n) is 21.4. The lowest BCUT2D eigenvalue weighted by molar-refractivity contribution is 0.105. The van der Waals surface area contributed by atoms with Crippen LogP contribution < -0.4 is 0 Å². The molecule has 4 aromatic carbocycles. The Bertz CT molecular complexity index is 1630. The first-order valence-corrected chi connectivity index (χ1v) is 16.7. The van der Waals surface area contributed by atoms with Crippen LogP contribution in [0.3, 0.4) is 0 Å². The Kier molecular flexibility index (Phi) is 10.8. The van der Waals surface area contributed by atoms with Gasteiger partial charge in [-0.25, -0.2) is 0 Å². The molecule has 9 nitrogen and oxygen atoms in total. The summed E-state index contributed by atoms with van der Waals surface area (Å²) in [7, 11) is 0. The number of phenols is 8. The van der Waals surface area contributed by atoms with E-state index < -0.39 is 11.5 Å². The molecule has 4 aromatic rings. The van der Waals surface area contributed by atoms with Crippen LogP contribution >= 0.6 is 95.6 Å². The third-order valence-corrected chi connectivity index (χ3v) is 12.7. The van der Waals surface area contributed by atoms with Gasteiger partial charge in [0.25, 0.3) is 0 Å². The van der Waals surface area contributed by atoms with E-state index in [-0.39, 0.29) is 78.4 Å². The number of benzene rings is 4. The molecule has 8 N–H and O–H groups in total. The summed E-state index contributed by atoms with van der Waals surface area (Å²) in [5.74, 6) is -2.95. The van der Waals surface area contributed by atoms with Gasteiger partial charge >= 0.3 is 0 Å². The standard InChI is InChI=1S/C28H20Br6O9/c29-19-9(3-15(35)27(41)23(19)33)1-13-11(5-17(37)25(39)21(13)31)7-43-8-12-6-18(38)26(40)22(32)14(12)2-10-4-16(36)28(42)24(34)20(10)30/h3-6,35-42H,1-2,7-8H2. The minimum atomic E-state index is -0.392. The molecule has 0 atom stereocenters. The van der Waals surface area contributed by atoms with Crippen molar-refractivity contribution in [1.82, 2.24) is 0 Å². The largest absolute Gasteiger partial charge is 0.504 e. The van der Waals surface area contributed by atoms with Gasteiger partial charge in [0.2, 0.25) is 0 Å². The van der Waals surface area contributed by atoms with Crippen LogP contribution in [0.1, 0.15) is 33.4 Å². The Hall–Kier alpha value is -1.88. The molecule has 0 amide bonds. The third-order valence-electron chi connectivity index (χ3n) is 6.55. The minimum absolute atomic E-state index is 0.0709. The van der Waals surface area contributed by atoms with E-state index in [0.29, 0.717) is 42.3 Å². The number of aromatic hydroxyl groups is 8. The van der Waals surface area contributed by atoms with Gasteiger partial charge in [0.1, 0.15) is 0 Å².